The molecule has 0 aliphatic rings. The highest BCUT2D eigenvalue weighted by atomic mass is 16.5. The lowest BCUT2D eigenvalue weighted by Crippen LogP contribution is -2.48. The monoisotopic (exact) mass is 245 g/mol. The number of methoxy groups -OCH3 is 1. The first-order chi connectivity index (χ1) is 7.93. The summed E-state index contributed by atoms with van der Waals surface area (Å²) < 4.78 is 4.92. The fourth-order valence-corrected chi connectivity index (χ4v) is 1.18. The largest absolute Gasteiger partial charge is 0.383 e. The lowest BCUT2D eigenvalue weighted by Gasteiger charge is -2.25. The Hall–Kier alpha value is -1.14. The molecule has 100 valence electrons. The van der Waals surface area contributed by atoms with E-state index in [0.29, 0.717) is 19.6 Å². The molecule has 0 aromatic rings. The van der Waals surface area contributed by atoms with E-state index in [-0.39, 0.29) is 18.4 Å². The maximum Gasteiger partial charge on any atom is 0.241 e. The summed E-state index contributed by atoms with van der Waals surface area (Å²) in [6, 6.07) is -0.554. The van der Waals surface area contributed by atoms with Gasteiger partial charge in [-0.1, -0.05) is 6.92 Å². The molecule has 0 aromatic heterocycles. The van der Waals surface area contributed by atoms with E-state index in [9.17, 15) is 9.59 Å². The van der Waals surface area contributed by atoms with Gasteiger partial charge in [0.1, 0.15) is 0 Å². The predicted molar refractivity (Wildman–Crippen MR) is 65.4 cm³/mol. The second-order valence-corrected chi connectivity index (χ2v) is 4.06. The van der Waals surface area contributed by atoms with Crippen LogP contribution in [0.3, 0.4) is 0 Å². The highest BCUT2D eigenvalue weighted by Gasteiger charge is 2.22. The van der Waals surface area contributed by atoms with E-state index in [2.05, 4.69) is 0 Å². The lowest BCUT2D eigenvalue weighted by atomic mass is 10.2. The molecular weight excluding hydrogens is 222 g/mol. The van der Waals surface area contributed by atoms with Crippen molar-refractivity contribution >= 4 is 11.8 Å². The van der Waals surface area contributed by atoms with Gasteiger partial charge in [-0.05, 0) is 6.42 Å². The van der Waals surface area contributed by atoms with Crippen molar-refractivity contribution in [3.63, 3.8) is 0 Å². The average molecular weight is 245 g/mol. The summed E-state index contributed by atoms with van der Waals surface area (Å²) in [4.78, 5) is 26.4. The van der Waals surface area contributed by atoms with E-state index in [1.54, 1.807) is 21.2 Å². The smallest absolute Gasteiger partial charge is 0.241 e. The molecule has 0 heterocycles. The Labute approximate surface area is 103 Å². The number of rotatable bonds is 7. The van der Waals surface area contributed by atoms with Gasteiger partial charge < -0.3 is 20.3 Å². The molecule has 0 rings (SSSR count). The third kappa shape index (κ3) is 5.65. The van der Waals surface area contributed by atoms with Gasteiger partial charge in [-0.25, -0.2) is 0 Å². The third-order valence-corrected chi connectivity index (χ3v) is 2.46. The molecule has 1 atom stereocenters. The first-order valence-corrected chi connectivity index (χ1v) is 5.67. The lowest BCUT2D eigenvalue weighted by molar-refractivity contribution is -0.140. The number of carbonyl (C=O) groups is 2. The second kappa shape index (κ2) is 8.03. The van der Waals surface area contributed by atoms with Crippen LogP contribution in [-0.4, -0.2) is 68.6 Å². The van der Waals surface area contributed by atoms with Crippen LogP contribution >= 0.6 is 0 Å². The van der Waals surface area contributed by atoms with Gasteiger partial charge in [0.25, 0.3) is 0 Å². The van der Waals surface area contributed by atoms with Crippen LogP contribution in [0.2, 0.25) is 0 Å². The van der Waals surface area contributed by atoms with Crippen LogP contribution in [0.25, 0.3) is 0 Å². The zero-order valence-corrected chi connectivity index (χ0v) is 11.1. The minimum Gasteiger partial charge on any atom is -0.383 e. The van der Waals surface area contributed by atoms with E-state index in [0.717, 1.165) is 0 Å². The van der Waals surface area contributed by atoms with Crippen molar-refractivity contribution in [2.24, 2.45) is 5.73 Å². The van der Waals surface area contributed by atoms with Crippen molar-refractivity contribution in [1.82, 2.24) is 9.80 Å². The number of ether oxygens (including phenoxy) is 1. The summed E-state index contributed by atoms with van der Waals surface area (Å²) in [6.07, 6.45) is 0.554. The zero-order chi connectivity index (χ0) is 13.4. The van der Waals surface area contributed by atoms with Crippen molar-refractivity contribution in [2.45, 2.75) is 19.4 Å². The summed E-state index contributed by atoms with van der Waals surface area (Å²) >= 11 is 0. The molecular formula is C11H23N3O3. The summed E-state index contributed by atoms with van der Waals surface area (Å²) in [7, 11) is 4.86. The molecule has 0 aromatic carbocycles. The number of hydrogen-bond acceptors (Lipinski definition) is 4. The first kappa shape index (κ1) is 15.9. The van der Waals surface area contributed by atoms with Gasteiger partial charge in [0.2, 0.25) is 11.8 Å². The van der Waals surface area contributed by atoms with Crippen LogP contribution in [0.1, 0.15) is 13.3 Å². The molecule has 6 heteroatoms. The highest BCUT2D eigenvalue weighted by Crippen LogP contribution is 1.98. The van der Waals surface area contributed by atoms with Crippen LogP contribution < -0.4 is 5.73 Å². The van der Waals surface area contributed by atoms with Gasteiger partial charge >= 0.3 is 0 Å². The number of carbonyl (C=O) groups excluding carboxylic acids is 2. The predicted octanol–water partition coefficient (Wildman–Crippen LogP) is -0.713. The minimum absolute atomic E-state index is 0.0445. The molecule has 0 saturated heterocycles. The molecule has 0 radical (unpaired) electrons. The fourth-order valence-electron chi connectivity index (χ4n) is 1.18. The number of hydrogen-bond donors (Lipinski definition) is 1. The molecule has 17 heavy (non-hydrogen) atoms. The highest BCUT2D eigenvalue weighted by molar-refractivity contribution is 5.87. The standard InChI is InChI=1S/C11H23N3O3/c1-5-9(12)11(16)14(6-7-17-4)8-10(15)13(2)3/h9H,5-8,12H2,1-4H3. The Bertz CT molecular complexity index is 256. The average Bonchev–Trinajstić information content (AvgIpc) is 2.31. The fraction of sp³-hybridized carbons (Fsp3) is 0.818. The second-order valence-electron chi connectivity index (χ2n) is 4.06. The van der Waals surface area contributed by atoms with Crippen molar-refractivity contribution in [3.8, 4) is 0 Å². The van der Waals surface area contributed by atoms with Gasteiger partial charge in [-0.2, -0.15) is 0 Å². The molecule has 0 aliphatic carbocycles. The first-order valence-electron chi connectivity index (χ1n) is 5.67. The third-order valence-electron chi connectivity index (χ3n) is 2.46. The number of likely N-dealkylation sites (N-methyl/N-ethyl adjacent to an activating group) is 1. The van der Waals surface area contributed by atoms with Gasteiger partial charge in [-0.15, -0.1) is 0 Å². The molecule has 2 amide bonds. The molecule has 0 saturated carbocycles. The number of amides is 2. The molecule has 1 unspecified atom stereocenters. The Morgan fingerprint density at radius 3 is 2.35 bits per heavy atom. The molecule has 0 aliphatic heterocycles. The topological polar surface area (TPSA) is 75.9 Å². The van der Waals surface area contributed by atoms with Crippen LogP contribution in [0.5, 0.6) is 0 Å². The quantitative estimate of drug-likeness (QED) is 0.642. The molecule has 0 spiro atoms. The van der Waals surface area contributed by atoms with E-state index in [1.165, 1.54) is 9.80 Å². The Morgan fingerprint density at radius 2 is 1.94 bits per heavy atom. The number of nitrogens with zero attached hydrogens (tertiary/aromatic N) is 2. The van der Waals surface area contributed by atoms with Crippen molar-refractivity contribution in [3.05, 3.63) is 0 Å². The van der Waals surface area contributed by atoms with Gasteiger partial charge in [0.05, 0.1) is 19.2 Å². The Morgan fingerprint density at radius 1 is 1.35 bits per heavy atom. The minimum atomic E-state index is -0.554. The number of nitrogens with two attached hydrogens (primary N) is 1. The maximum atomic E-state index is 11.9. The van der Waals surface area contributed by atoms with E-state index in [4.69, 9.17) is 10.5 Å². The van der Waals surface area contributed by atoms with Crippen molar-refractivity contribution in [1.29, 1.82) is 0 Å². The molecule has 0 bridgehead atoms. The normalized spacial score (nSPS) is 12.1. The van der Waals surface area contributed by atoms with Crippen LogP contribution in [0, 0.1) is 0 Å². The zero-order valence-electron chi connectivity index (χ0n) is 11.1. The summed E-state index contributed by atoms with van der Waals surface area (Å²) in [5.41, 5.74) is 5.68. The van der Waals surface area contributed by atoms with Gasteiger partial charge in [0, 0.05) is 27.7 Å². The van der Waals surface area contributed by atoms with Crippen LogP contribution in [0.15, 0.2) is 0 Å². The maximum absolute atomic E-state index is 11.9. The molecule has 2 N–H and O–H groups in total. The molecule has 0 fully saturated rings. The van der Waals surface area contributed by atoms with E-state index >= 15 is 0 Å². The van der Waals surface area contributed by atoms with Crippen molar-refractivity contribution < 1.29 is 14.3 Å². The van der Waals surface area contributed by atoms with Crippen LogP contribution in [-0.2, 0) is 14.3 Å². The summed E-state index contributed by atoms with van der Waals surface area (Å²) in [6.45, 7) is 2.65. The van der Waals surface area contributed by atoms with Crippen molar-refractivity contribution in [2.75, 3.05) is 40.9 Å². The van der Waals surface area contributed by atoms with Gasteiger partial charge in [0.15, 0.2) is 0 Å². The summed E-state index contributed by atoms with van der Waals surface area (Å²) in [5.74, 6) is -0.336. The van der Waals surface area contributed by atoms with E-state index in [1.807, 2.05) is 6.92 Å². The Balaban J connectivity index is 4.52. The summed E-state index contributed by atoms with van der Waals surface area (Å²) in [5, 5.41) is 0. The van der Waals surface area contributed by atoms with Crippen LogP contribution in [0.4, 0.5) is 0 Å². The SMILES string of the molecule is CCC(N)C(=O)N(CCOC)CC(=O)N(C)C. The Kier molecular flexibility index (Phi) is 7.49. The van der Waals surface area contributed by atoms with E-state index < -0.39 is 6.04 Å². The molecule has 6 nitrogen and oxygen atoms in total. The van der Waals surface area contributed by atoms with Gasteiger partial charge in [-0.3, -0.25) is 9.59 Å².